The molecule has 2 N–H and O–H groups in total. The van der Waals surface area contributed by atoms with Gasteiger partial charge in [-0.15, -0.1) is 0 Å². The number of carboxylic acids is 1. The molecule has 5 nitrogen and oxygen atoms in total. The van der Waals surface area contributed by atoms with Crippen molar-refractivity contribution in [2.24, 2.45) is 11.8 Å². The highest BCUT2D eigenvalue weighted by Gasteiger charge is 2.20. The highest BCUT2D eigenvalue weighted by Crippen LogP contribution is 2.09. The van der Waals surface area contributed by atoms with Crippen LogP contribution in [0.15, 0.2) is 0 Å². The van der Waals surface area contributed by atoms with Gasteiger partial charge in [-0.2, -0.15) is 0 Å². The van der Waals surface area contributed by atoms with Gasteiger partial charge in [0.1, 0.15) is 0 Å². The predicted octanol–water partition coefficient (Wildman–Crippen LogP) is 1.66. The van der Waals surface area contributed by atoms with Crippen molar-refractivity contribution >= 4 is 12.0 Å². The zero-order chi connectivity index (χ0) is 15.7. The minimum Gasteiger partial charge on any atom is -0.548 e. The first-order valence-corrected chi connectivity index (χ1v) is 7.55. The molecule has 0 radical (unpaired) electrons. The summed E-state index contributed by atoms with van der Waals surface area (Å²) >= 11 is 0. The third-order valence-corrected chi connectivity index (χ3v) is 3.55. The predicted molar refractivity (Wildman–Crippen MR) is 78.1 cm³/mol. The second-order valence-electron chi connectivity index (χ2n) is 6.03. The number of nitrogens with one attached hydrogen (secondary N) is 2. The van der Waals surface area contributed by atoms with Crippen molar-refractivity contribution < 1.29 is 14.7 Å². The van der Waals surface area contributed by atoms with Gasteiger partial charge in [0.2, 0.25) is 0 Å². The van der Waals surface area contributed by atoms with E-state index in [1.807, 2.05) is 13.8 Å². The number of hydrogen-bond acceptors (Lipinski definition) is 3. The fourth-order valence-electron chi connectivity index (χ4n) is 1.98. The molecule has 0 spiro atoms. The van der Waals surface area contributed by atoms with Crippen LogP contribution in [-0.2, 0) is 4.79 Å². The van der Waals surface area contributed by atoms with Crippen LogP contribution in [-0.4, -0.2) is 24.1 Å². The van der Waals surface area contributed by atoms with Crippen LogP contribution in [0.3, 0.4) is 0 Å². The normalized spacial score (nSPS) is 15.5. The van der Waals surface area contributed by atoms with Crippen molar-refractivity contribution in [3.8, 4) is 0 Å². The monoisotopic (exact) mass is 285 g/mol. The first-order valence-electron chi connectivity index (χ1n) is 7.55. The van der Waals surface area contributed by atoms with E-state index in [1.54, 1.807) is 6.92 Å². The van der Waals surface area contributed by atoms with E-state index in [0.717, 1.165) is 19.3 Å². The van der Waals surface area contributed by atoms with Gasteiger partial charge in [-0.3, -0.25) is 0 Å². The first kappa shape index (κ1) is 18.7. The van der Waals surface area contributed by atoms with Crippen molar-refractivity contribution in [1.29, 1.82) is 0 Å². The van der Waals surface area contributed by atoms with Gasteiger partial charge < -0.3 is 20.5 Å². The van der Waals surface area contributed by atoms with Crippen LogP contribution in [0.2, 0.25) is 0 Å². The van der Waals surface area contributed by atoms with Gasteiger partial charge in [0.15, 0.2) is 0 Å². The van der Waals surface area contributed by atoms with Gasteiger partial charge >= 0.3 is 6.03 Å². The Bertz CT molecular complexity index is 305. The fourth-order valence-corrected chi connectivity index (χ4v) is 1.98. The smallest absolute Gasteiger partial charge is 0.315 e. The number of carboxylic acid groups (broad SMARTS) is 1. The van der Waals surface area contributed by atoms with E-state index in [4.69, 9.17) is 0 Å². The molecule has 0 aliphatic rings. The molecule has 118 valence electrons. The van der Waals surface area contributed by atoms with Crippen molar-refractivity contribution in [2.45, 2.75) is 72.4 Å². The summed E-state index contributed by atoms with van der Waals surface area (Å²) in [6, 6.07) is -1.34. The lowest BCUT2D eigenvalue weighted by Gasteiger charge is -2.26. The van der Waals surface area contributed by atoms with Crippen molar-refractivity contribution in [3.63, 3.8) is 0 Å². The molecule has 0 aromatic heterocycles. The molecule has 0 saturated heterocycles. The lowest BCUT2D eigenvalue weighted by molar-refractivity contribution is -0.309. The summed E-state index contributed by atoms with van der Waals surface area (Å²) in [5.74, 6) is -0.729. The maximum absolute atomic E-state index is 11.8. The Labute approximate surface area is 122 Å². The van der Waals surface area contributed by atoms with Crippen LogP contribution in [0, 0.1) is 11.8 Å². The zero-order valence-corrected chi connectivity index (χ0v) is 13.4. The number of rotatable bonds is 9. The van der Waals surface area contributed by atoms with Crippen LogP contribution >= 0.6 is 0 Å². The molecule has 0 heterocycles. The van der Waals surface area contributed by atoms with E-state index in [-0.39, 0.29) is 12.0 Å². The van der Waals surface area contributed by atoms with Crippen LogP contribution in [0.1, 0.15) is 60.3 Å². The van der Waals surface area contributed by atoms with Crippen LogP contribution < -0.4 is 15.7 Å². The second kappa shape index (κ2) is 9.61. The Balaban J connectivity index is 4.15. The van der Waals surface area contributed by atoms with E-state index >= 15 is 0 Å². The third-order valence-electron chi connectivity index (χ3n) is 3.55. The number of aliphatic carboxylic acids is 1. The van der Waals surface area contributed by atoms with Gasteiger partial charge in [-0.1, -0.05) is 47.0 Å². The zero-order valence-electron chi connectivity index (χ0n) is 13.4. The molecule has 0 unspecified atom stereocenters. The van der Waals surface area contributed by atoms with Crippen LogP contribution in [0.5, 0.6) is 0 Å². The first-order chi connectivity index (χ1) is 9.27. The van der Waals surface area contributed by atoms with E-state index in [9.17, 15) is 14.7 Å². The standard InChI is InChI=1S/C15H30N2O3/c1-6-11(4)13(14(18)19)17-15(20)16-12(5)9-7-8-10(2)3/h10-13H,6-9H2,1-5H3,(H,18,19)(H2,16,17,20)/p-1/t11-,12+,13+/m1/s1. The average Bonchev–Trinajstić information content (AvgIpc) is 2.34. The van der Waals surface area contributed by atoms with E-state index in [0.29, 0.717) is 12.3 Å². The quantitative estimate of drug-likeness (QED) is 0.676. The largest absolute Gasteiger partial charge is 0.548 e. The number of amides is 2. The Kier molecular flexibility index (Phi) is 9.01. The molecule has 20 heavy (non-hydrogen) atoms. The van der Waals surface area contributed by atoms with Gasteiger partial charge in [0.05, 0.1) is 12.0 Å². The third kappa shape index (κ3) is 8.02. The summed E-state index contributed by atoms with van der Waals surface area (Å²) in [5.41, 5.74) is 0. The van der Waals surface area contributed by atoms with Gasteiger partial charge in [0.25, 0.3) is 0 Å². The molecule has 0 bridgehead atoms. The Hall–Kier alpha value is -1.26. The lowest BCUT2D eigenvalue weighted by atomic mass is 9.99. The summed E-state index contributed by atoms with van der Waals surface area (Å²) < 4.78 is 0. The van der Waals surface area contributed by atoms with E-state index in [1.165, 1.54) is 0 Å². The van der Waals surface area contributed by atoms with E-state index < -0.39 is 18.0 Å². The number of carbonyl (C=O) groups is 2. The van der Waals surface area contributed by atoms with Gasteiger partial charge in [-0.05, 0) is 25.2 Å². The molecule has 2 amide bonds. The molecule has 0 aromatic rings. The molecule has 0 aromatic carbocycles. The topological polar surface area (TPSA) is 81.3 Å². The highest BCUT2D eigenvalue weighted by atomic mass is 16.4. The maximum atomic E-state index is 11.8. The molecule has 0 fully saturated rings. The Morgan fingerprint density at radius 3 is 2.10 bits per heavy atom. The summed E-state index contributed by atoms with van der Waals surface area (Å²) in [4.78, 5) is 22.8. The summed E-state index contributed by atoms with van der Waals surface area (Å²) in [7, 11) is 0. The molecule has 5 heteroatoms. The molecule has 3 atom stereocenters. The molecule has 0 aliphatic carbocycles. The van der Waals surface area contributed by atoms with E-state index in [2.05, 4.69) is 24.5 Å². The number of hydrogen-bond donors (Lipinski definition) is 2. The summed E-state index contributed by atoms with van der Waals surface area (Å²) in [6.45, 7) is 9.93. The lowest BCUT2D eigenvalue weighted by Crippen LogP contribution is -2.55. The molecule has 0 aliphatic heterocycles. The number of carbonyl (C=O) groups excluding carboxylic acids is 2. The van der Waals surface area contributed by atoms with Crippen molar-refractivity contribution in [3.05, 3.63) is 0 Å². The molecular weight excluding hydrogens is 256 g/mol. The van der Waals surface area contributed by atoms with Crippen molar-refractivity contribution in [1.82, 2.24) is 10.6 Å². The fraction of sp³-hybridized carbons (Fsp3) is 0.867. The SMILES string of the molecule is CC[C@@H](C)[C@H](NC(=O)N[C@@H](C)CCCC(C)C)C(=O)[O-]. The minimum absolute atomic E-state index is 0.0353. The number of urea groups is 1. The minimum atomic E-state index is -1.23. The van der Waals surface area contributed by atoms with Crippen LogP contribution in [0.4, 0.5) is 4.79 Å². The summed E-state index contributed by atoms with van der Waals surface area (Å²) in [5, 5.41) is 16.3. The molecule has 0 saturated carbocycles. The molecular formula is C15H29N2O3-. The van der Waals surface area contributed by atoms with Gasteiger partial charge in [-0.25, -0.2) is 4.79 Å². The Morgan fingerprint density at radius 2 is 1.65 bits per heavy atom. The summed E-state index contributed by atoms with van der Waals surface area (Å²) in [6.07, 6.45) is 3.74. The van der Waals surface area contributed by atoms with Crippen LogP contribution in [0.25, 0.3) is 0 Å². The molecule has 0 rings (SSSR count). The second-order valence-corrected chi connectivity index (χ2v) is 6.03. The highest BCUT2D eigenvalue weighted by molar-refractivity contribution is 5.81. The average molecular weight is 285 g/mol. The van der Waals surface area contributed by atoms with Crippen molar-refractivity contribution in [2.75, 3.05) is 0 Å². The Morgan fingerprint density at radius 1 is 1.05 bits per heavy atom. The van der Waals surface area contributed by atoms with Gasteiger partial charge in [0, 0.05) is 6.04 Å². The maximum Gasteiger partial charge on any atom is 0.315 e.